The van der Waals surface area contributed by atoms with Crippen LogP contribution in [0, 0.1) is 10.1 Å². The monoisotopic (exact) mass is 560 g/mol. The molecule has 36 heavy (non-hydrogen) atoms. The fraction of sp³-hybridized carbons (Fsp3) is 0.333. The van der Waals surface area contributed by atoms with Crippen LogP contribution < -0.4 is 15.0 Å². The molecule has 0 saturated carbocycles. The molecule has 0 saturated heterocycles. The van der Waals surface area contributed by atoms with Crippen molar-refractivity contribution in [3.63, 3.8) is 0 Å². The number of esters is 1. The summed E-state index contributed by atoms with van der Waals surface area (Å²) in [6.07, 6.45) is 0.914. The van der Waals surface area contributed by atoms with Crippen molar-refractivity contribution in [2.45, 2.75) is 39.2 Å². The largest absolute Gasteiger partial charge is 0.493 e. The fourth-order valence-electron chi connectivity index (χ4n) is 3.38. The molecular formula is C24H25BrN4O7. The first-order chi connectivity index (χ1) is 17.1. The molecule has 0 unspecified atom stereocenters. The lowest BCUT2D eigenvalue weighted by atomic mass is 10.1. The summed E-state index contributed by atoms with van der Waals surface area (Å²) in [7, 11) is 2.50. The highest BCUT2D eigenvalue weighted by Gasteiger charge is 2.27. The topological polar surface area (TPSA) is 135 Å². The molecule has 3 aromatic rings. The Morgan fingerprint density at radius 3 is 2.61 bits per heavy atom. The number of nitro benzene ring substituents is 1. The van der Waals surface area contributed by atoms with Crippen molar-refractivity contribution in [2.75, 3.05) is 14.2 Å². The summed E-state index contributed by atoms with van der Waals surface area (Å²) in [5, 5.41) is 16.5. The van der Waals surface area contributed by atoms with Gasteiger partial charge in [-0.1, -0.05) is 29.8 Å². The van der Waals surface area contributed by atoms with Gasteiger partial charge in [0.15, 0.2) is 11.9 Å². The predicted octanol–water partition coefficient (Wildman–Crippen LogP) is 4.41. The fourth-order valence-corrected chi connectivity index (χ4v) is 3.74. The predicted molar refractivity (Wildman–Crippen MR) is 137 cm³/mol. The summed E-state index contributed by atoms with van der Waals surface area (Å²) >= 11 is 3.37. The minimum Gasteiger partial charge on any atom is -0.493 e. The van der Waals surface area contributed by atoms with Crippen molar-refractivity contribution < 1.29 is 23.9 Å². The van der Waals surface area contributed by atoms with Gasteiger partial charge in [-0.05, 0) is 37.6 Å². The first-order valence-corrected chi connectivity index (χ1v) is 11.8. The molecule has 11 nitrogen and oxygen atoms in total. The Morgan fingerprint density at radius 2 is 2.00 bits per heavy atom. The van der Waals surface area contributed by atoms with E-state index in [2.05, 4.69) is 30.8 Å². The lowest BCUT2D eigenvalue weighted by Gasteiger charge is -2.16. The Kier molecular flexibility index (Phi) is 8.41. The number of hydrogen-bond acceptors (Lipinski definition) is 9. The molecule has 2 aromatic carbocycles. The maximum atomic E-state index is 13.3. The van der Waals surface area contributed by atoms with E-state index >= 15 is 0 Å². The Labute approximate surface area is 215 Å². The van der Waals surface area contributed by atoms with E-state index in [0.717, 1.165) is 4.47 Å². The Bertz CT molecular complexity index is 1400. The van der Waals surface area contributed by atoms with Gasteiger partial charge in [0.2, 0.25) is 5.75 Å². The number of hydrogen-bond donors (Lipinski definition) is 0. The normalized spacial score (nSPS) is 12.9. The van der Waals surface area contributed by atoms with Crippen LogP contribution in [0.3, 0.4) is 0 Å². The quantitative estimate of drug-likeness (QED) is 0.162. The molecule has 0 fully saturated rings. The Balaban J connectivity index is 2.15. The summed E-state index contributed by atoms with van der Waals surface area (Å²) < 4.78 is 17.3. The summed E-state index contributed by atoms with van der Waals surface area (Å²) in [6.45, 7) is 5.30. The number of fused-ring (bicyclic) bond motifs is 1. The van der Waals surface area contributed by atoms with Crippen molar-refractivity contribution in [2.24, 2.45) is 5.10 Å². The van der Waals surface area contributed by atoms with Gasteiger partial charge in [-0.3, -0.25) is 14.9 Å². The first-order valence-electron chi connectivity index (χ1n) is 11.0. The summed E-state index contributed by atoms with van der Waals surface area (Å²) in [5.74, 6) is -0.544. The van der Waals surface area contributed by atoms with Crippen LogP contribution >= 0.6 is 15.9 Å². The van der Waals surface area contributed by atoms with Crippen LogP contribution in [-0.4, -0.2) is 47.1 Å². The van der Waals surface area contributed by atoms with Crippen LogP contribution in [0.15, 0.2) is 44.7 Å². The van der Waals surface area contributed by atoms with Crippen molar-refractivity contribution in [3.8, 4) is 11.5 Å². The average Bonchev–Trinajstić information content (AvgIpc) is 2.87. The van der Waals surface area contributed by atoms with E-state index in [0.29, 0.717) is 23.1 Å². The van der Waals surface area contributed by atoms with E-state index in [1.807, 2.05) is 13.8 Å². The van der Waals surface area contributed by atoms with Gasteiger partial charge < -0.3 is 14.2 Å². The highest BCUT2D eigenvalue weighted by atomic mass is 79.9. The second kappa shape index (κ2) is 11.3. The zero-order chi connectivity index (χ0) is 26.6. The van der Waals surface area contributed by atoms with Gasteiger partial charge in [0, 0.05) is 22.0 Å². The van der Waals surface area contributed by atoms with Crippen LogP contribution in [-0.2, 0) is 9.53 Å². The molecule has 0 radical (unpaired) electrons. The van der Waals surface area contributed by atoms with Gasteiger partial charge in [0.25, 0.3) is 5.56 Å². The van der Waals surface area contributed by atoms with E-state index < -0.39 is 22.7 Å². The number of nitro groups is 1. The van der Waals surface area contributed by atoms with Gasteiger partial charge in [0.1, 0.15) is 5.82 Å². The van der Waals surface area contributed by atoms with Gasteiger partial charge >= 0.3 is 11.7 Å². The lowest BCUT2D eigenvalue weighted by molar-refractivity contribution is -0.386. The van der Waals surface area contributed by atoms with E-state index in [9.17, 15) is 19.7 Å². The third-order valence-electron chi connectivity index (χ3n) is 5.51. The SMILES string of the molecule is CC[C@H](C)c1nc2ccc(Br)cc2c(=O)n1N=Cc1cc(OC)c(O[C@@H](C)C(=O)OC)c([N+](=O)[O-])c1. The van der Waals surface area contributed by atoms with E-state index in [-0.39, 0.29) is 28.5 Å². The van der Waals surface area contributed by atoms with Crippen molar-refractivity contribution in [1.29, 1.82) is 0 Å². The standard InChI is InChI=1S/C24H25BrN4O7/c1-6-13(2)22-27-18-8-7-16(25)11-17(18)23(30)28(22)26-12-15-9-19(29(32)33)21(20(10-15)34-4)36-14(3)24(31)35-5/h7-14H,6H2,1-5H3/t13-,14-/m0/s1. The zero-order valence-electron chi connectivity index (χ0n) is 20.4. The maximum absolute atomic E-state index is 13.3. The molecule has 190 valence electrons. The van der Waals surface area contributed by atoms with Gasteiger partial charge in [0.05, 0.1) is 36.3 Å². The van der Waals surface area contributed by atoms with Gasteiger partial charge in [-0.25, -0.2) is 9.78 Å². The number of aromatic nitrogens is 2. The summed E-state index contributed by atoms with van der Waals surface area (Å²) in [6, 6.07) is 7.89. The third-order valence-corrected chi connectivity index (χ3v) is 6.00. The molecule has 1 aromatic heterocycles. The lowest BCUT2D eigenvalue weighted by Crippen LogP contribution is -2.25. The number of rotatable bonds is 9. The number of ether oxygens (including phenoxy) is 3. The highest BCUT2D eigenvalue weighted by Crippen LogP contribution is 2.38. The van der Waals surface area contributed by atoms with Crippen LogP contribution in [0.25, 0.3) is 10.9 Å². The minimum atomic E-state index is -1.11. The number of carbonyl (C=O) groups excluding carboxylic acids is 1. The minimum absolute atomic E-state index is 0.0106. The molecule has 0 aliphatic heterocycles. The average molecular weight is 561 g/mol. The third kappa shape index (κ3) is 5.54. The molecule has 0 aliphatic rings. The number of nitrogens with zero attached hydrogens (tertiary/aromatic N) is 4. The molecule has 1 heterocycles. The molecule has 0 bridgehead atoms. The molecule has 0 spiro atoms. The zero-order valence-corrected chi connectivity index (χ0v) is 21.9. The van der Waals surface area contributed by atoms with Crippen LogP contribution in [0.5, 0.6) is 11.5 Å². The second-order valence-electron chi connectivity index (χ2n) is 7.91. The van der Waals surface area contributed by atoms with E-state index in [4.69, 9.17) is 9.47 Å². The number of methoxy groups -OCH3 is 2. The molecule has 0 aliphatic carbocycles. The van der Waals surface area contributed by atoms with Crippen molar-refractivity contribution >= 4 is 44.7 Å². The summed E-state index contributed by atoms with van der Waals surface area (Å²) in [5.41, 5.74) is -0.000709. The van der Waals surface area contributed by atoms with Gasteiger partial charge in [-0.15, -0.1) is 0 Å². The second-order valence-corrected chi connectivity index (χ2v) is 8.83. The molecule has 0 amide bonds. The molecule has 2 atom stereocenters. The molecule has 0 N–H and O–H groups in total. The maximum Gasteiger partial charge on any atom is 0.346 e. The smallest absolute Gasteiger partial charge is 0.346 e. The van der Waals surface area contributed by atoms with Crippen LogP contribution in [0.2, 0.25) is 0 Å². The molecule has 12 heteroatoms. The van der Waals surface area contributed by atoms with Crippen LogP contribution in [0.1, 0.15) is 44.5 Å². The number of carbonyl (C=O) groups is 1. The van der Waals surface area contributed by atoms with Gasteiger partial charge in [-0.2, -0.15) is 9.78 Å². The van der Waals surface area contributed by atoms with E-state index in [1.165, 1.54) is 44.2 Å². The van der Waals surface area contributed by atoms with Crippen LogP contribution in [0.4, 0.5) is 5.69 Å². The molecular weight excluding hydrogens is 536 g/mol. The number of benzene rings is 2. The molecule has 3 rings (SSSR count). The first kappa shape index (κ1) is 26.8. The Morgan fingerprint density at radius 1 is 1.28 bits per heavy atom. The number of halogens is 1. The Hall–Kier alpha value is -3.80. The van der Waals surface area contributed by atoms with E-state index in [1.54, 1.807) is 18.2 Å². The summed E-state index contributed by atoms with van der Waals surface area (Å²) in [4.78, 5) is 40.8. The van der Waals surface area contributed by atoms with Crippen molar-refractivity contribution in [1.82, 2.24) is 9.66 Å². The van der Waals surface area contributed by atoms with Crippen molar-refractivity contribution in [3.05, 3.63) is 66.7 Å². The highest BCUT2D eigenvalue weighted by molar-refractivity contribution is 9.10.